The molecule has 2 rings (SSSR count). The zero-order valence-electron chi connectivity index (χ0n) is 8.43. The van der Waals surface area contributed by atoms with E-state index in [4.69, 9.17) is 10.8 Å². The number of benzene rings is 1. The van der Waals surface area contributed by atoms with Crippen LogP contribution in [0.5, 0.6) is 0 Å². The van der Waals surface area contributed by atoms with Crippen molar-refractivity contribution in [2.75, 3.05) is 17.7 Å². The maximum absolute atomic E-state index is 11.2. The molecule has 0 fully saturated rings. The van der Waals surface area contributed by atoms with Crippen LogP contribution in [-0.2, 0) is 4.79 Å². The van der Waals surface area contributed by atoms with E-state index in [0.717, 1.165) is 10.2 Å². The number of hydrogen-bond donors (Lipinski definition) is 3. The number of nitrogen functional groups attached to an aromatic ring is 1. The van der Waals surface area contributed by atoms with E-state index in [-0.39, 0.29) is 18.9 Å². The van der Waals surface area contributed by atoms with Gasteiger partial charge in [-0.2, -0.15) is 0 Å². The number of amides is 1. The summed E-state index contributed by atoms with van der Waals surface area (Å²) in [6.07, 6.45) is 0.0814. The first-order valence-corrected chi connectivity index (χ1v) is 5.57. The van der Waals surface area contributed by atoms with Crippen LogP contribution in [0.25, 0.3) is 10.2 Å². The van der Waals surface area contributed by atoms with Crippen molar-refractivity contribution in [2.45, 2.75) is 6.42 Å². The zero-order valence-corrected chi connectivity index (χ0v) is 9.25. The molecule has 0 bridgehead atoms. The summed E-state index contributed by atoms with van der Waals surface area (Å²) in [5.74, 6) is -0.241. The molecule has 0 saturated carbocycles. The van der Waals surface area contributed by atoms with Crippen molar-refractivity contribution < 1.29 is 9.90 Å². The van der Waals surface area contributed by atoms with Gasteiger partial charge in [0.15, 0.2) is 5.13 Å². The van der Waals surface area contributed by atoms with Crippen LogP contribution in [0, 0.1) is 0 Å². The number of aliphatic hydroxyl groups excluding tert-OH is 1. The van der Waals surface area contributed by atoms with Crippen molar-refractivity contribution >= 4 is 38.3 Å². The molecule has 4 N–H and O–H groups in total. The first kappa shape index (κ1) is 10.8. The summed E-state index contributed by atoms with van der Waals surface area (Å²) in [6, 6.07) is 5.39. The number of hydrogen-bond acceptors (Lipinski definition) is 5. The number of anilines is 2. The lowest BCUT2D eigenvalue weighted by Gasteiger charge is -1.97. The van der Waals surface area contributed by atoms with E-state index in [9.17, 15) is 4.79 Å². The highest BCUT2D eigenvalue weighted by atomic mass is 32.1. The van der Waals surface area contributed by atoms with E-state index >= 15 is 0 Å². The Morgan fingerprint density at radius 2 is 2.38 bits per heavy atom. The number of thiazole rings is 1. The van der Waals surface area contributed by atoms with Gasteiger partial charge in [-0.3, -0.25) is 4.79 Å². The highest BCUT2D eigenvalue weighted by Gasteiger charge is 2.07. The van der Waals surface area contributed by atoms with Crippen molar-refractivity contribution in [1.82, 2.24) is 4.98 Å². The van der Waals surface area contributed by atoms with Crippen LogP contribution in [0.1, 0.15) is 6.42 Å². The molecule has 1 amide bonds. The minimum Gasteiger partial charge on any atom is -0.399 e. The minimum atomic E-state index is -0.241. The molecule has 0 saturated heterocycles. The lowest BCUT2D eigenvalue weighted by atomic mass is 10.3. The summed E-state index contributed by atoms with van der Waals surface area (Å²) in [6.45, 7) is -0.163. The molecule has 0 unspecified atom stereocenters. The van der Waals surface area contributed by atoms with E-state index < -0.39 is 0 Å². The Bertz CT molecular complexity index is 524. The molecule has 0 aliphatic carbocycles. The number of rotatable bonds is 3. The minimum absolute atomic E-state index is 0.0814. The smallest absolute Gasteiger partial charge is 0.228 e. The second-order valence-electron chi connectivity index (χ2n) is 3.27. The third kappa shape index (κ3) is 2.29. The predicted octanol–water partition coefficient (Wildman–Crippen LogP) is 1.20. The lowest BCUT2D eigenvalue weighted by molar-refractivity contribution is -0.116. The van der Waals surface area contributed by atoms with Gasteiger partial charge in [0.2, 0.25) is 5.91 Å². The van der Waals surface area contributed by atoms with Crippen molar-refractivity contribution in [3.8, 4) is 0 Å². The van der Waals surface area contributed by atoms with E-state index in [1.54, 1.807) is 6.07 Å². The van der Waals surface area contributed by atoms with Gasteiger partial charge in [0.25, 0.3) is 0 Å². The molecule has 0 spiro atoms. The van der Waals surface area contributed by atoms with Crippen LogP contribution in [0.2, 0.25) is 0 Å². The number of carbonyl (C=O) groups excluding carboxylic acids is 1. The van der Waals surface area contributed by atoms with Crippen LogP contribution < -0.4 is 11.1 Å². The molecule has 1 heterocycles. The van der Waals surface area contributed by atoms with Gasteiger partial charge in [0.1, 0.15) is 0 Å². The predicted molar refractivity (Wildman–Crippen MR) is 64.4 cm³/mol. The molecule has 1 aromatic carbocycles. The summed E-state index contributed by atoms with van der Waals surface area (Å²) < 4.78 is 0.930. The molecule has 0 aliphatic rings. The fourth-order valence-corrected chi connectivity index (χ4v) is 2.21. The fraction of sp³-hybridized carbons (Fsp3) is 0.200. The first-order chi connectivity index (χ1) is 7.69. The van der Waals surface area contributed by atoms with Gasteiger partial charge in [0, 0.05) is 5.69 Å². The standard InChI is InChI=1S/C10H11N3O2S/c11-6-1-2-7-8(5-6)16-10(12-7)13-9(15)3-4-14/h1-2,5,14H,3-4,11H2,(H,12,13,15). The zero-order chi connectivity index (χ0) is 11.5. The van der Waals surface area contributed by atoms with Crippen molar-refractivity contribution in [2.24, 2.45) is 0 Å². The van der Waals surface area contributed by atoms with Gasteiger partial charge < -0.3 is 16.2 Å². The van der Waals surface area contributed by atoms with Crippen LogP contribution in [0.3, 0.4) is 0 Å². The third-order valence-corrected chi connectivity index (χ3v) is 2.93. The highest BCUT2D eigenvalue weighted by molar-refractivity contribution is 7.22. The first-order valence-electron chi connectivity index (χ1n) is 4.76. The Morgan fingerprint density at radius 1 is 1.56 bits per heavy atom. The Hall–Kier alpha value is -1.66. The SMILES string of the molecule is Nc1ccc2nc(NC(=O)CCO)sc2c1. The van der Waals surface area contributed by atoms with Gasteiger partial charge in [0.05, 0.1) is 23.2 Å². The van der Waals surface area contributed by atoms with E-state index in [1.807, 2.05) is 12.1 Å². The molecule has 0 atom stereocenters. The third-order valence-electron chi connectivity index (χ3n) is 2.00. The monoisotopic (exact) mass is 237 g/mol. The lowest BCUT2D eigenvalue weighted by Crippen LogP contribution is -2.12. The number of aromatic nitrogens is 1. The number of nitrogens with two attached hydrogens (primary N) is 1. The summed E-state index contributed by atoms with van der Waals surface area (Å²) in [4.78, 5) is 15.5. The van der Waals surface area contributed by atoms with Gasteiger partial charge in [-0.05, 0) is 18.2 Å². The van der Waals surface area contributed by atoms with Crippen molar-refractivity contribution in [3.63, 3.8) is 0 Å². The maximum Gasteiger partial charge on any atom is 0.228 e. The van der Waals surface area contributed by atoms with Crippen molar-refractivity contribution in [3.05, 3.63) is 18.2 Å². The summed E-state index contributed by atoms with van der Waals surface area (Å²) in [5.41, 5.74) is 7.12. The summed E-state index contributed by atoms with van der Waals surface area (Å²) in [7, 11) is 0. The number of fused-ring (bicyclic) bond motifs is 1. The summed E-state index contributed by atoms with van der Waals surface area (Å²) >= 11 is 1.36. The Labute approximate surface area is 95.9 Å². The quantitative estimate of drug-likeness (QED) is 0.700. The fourth-order valence-electron chi connectivity index (χ4n) is 1.28. The number of nitrogens with zero attached hydrogens (tertiary/aromatic N) is 1. The number of carbonyl (C=O) groups is 1. The Morgan fingerprint density at radius 3 is 3.12 bits per heavy atom. The Kier molecular flexibility index (Phi) is 3.02. The van der Waals surface area contributed by atoms with Crippen LogP contribution in [0.15, 0.2) is 18.2 Å². The van der Waals surface area contributed by atoms with Gasteiger partial charge >= 0.3 is 0 Å². The van der Waals surface area contributed by atoms with Gasteiger partial charge in [-0.1, -0.05) is 11.3 Å². The van der Waals surface area contributed by atoms with E-state index in [2.05, 4.69) is 10.3 Å². The van der Waals surface area contributed by atoms with Crippen LogP contribution in [-0.4, -0.2) is 22.6 Å². The number of nitrogens with one attached hydrogen (secondary N) is 1. The summed E-state index contributed by atoms with van der Waals surface area (Å²) in [5, 5.41) is 11.7. The van der Waals surface area contributed by atoms with E-state index in [0.29, 0.717) is 10.8 Å². The largest absolute Gasteiger partial charge is 0.399 e. The molecule has 6 heteroatoms. The second-order valence-corrected chi connectivity index (χ2v) is 4.30. The van der Waals surface area contributed by atoms with E-state index in [1.165, 1.54) is 11.3 Å². The second kappa shape index (κ2) is 4.46. The van der Waals surface area contributed by atoms with Crippen LogP contribution >= 0.6 is 11.3 Å². The maximum atomic E-state index is 11.2. The molecule has 5 nitrogen and oxygen atoms in total. The molecule has 84 valence electrons. The molecule has 16 heavy (non-hydrogen) atoms. The molecule has 0 radical (unpaired) electrons. The molecular weight excluding hydrogens is 226 g/mol. The van der Waals surface area contributed by atoms with Gasteiger partial charge in [-0.15, -0.1) is 0 Å². The molecule has 0 aliphatic heterocycles. The normalized spacial score (nSPS) is 10.6. The molecule has 1 aromatic heterocycles. The Balaban J connectivity index is 2.23. The number of aliphatic hydroxyl groups is 1. The average molecular weight is 237 g/mol. The molecule has 2 aromatic rings. The topological polar surface area (TPSA) is 88.2 Å². The van der Waals surface area contributed by atoms with Crippen LogP contribution in [0.4, 0.5) is 10.8 Å². The highest BCUT2D eigenvalue weighted by Crippen LogP contribution is 2.27. The molecular formula is C10H11N3O2S. The van der Waals surface area contributed by atoms with Crippen molar-refractivity contribution in [1.29, 1.82) is 0 Å². The average Bonchev–Trinajstić information content (AvgIpc) is 2.59. The van der Waals surface area contributed by atoms with Gasteiger partial charge in [-0.25, -0.2) is 4.98 Å².